The molecule has 11 aromatic rings. The number of hydrogen-bond donors (Lipinski definition) is 0. The van der Waals surface area contributed by atoms with Gasteiger partial charge in [-0.1, -0.05) is 103 Å². The number of hydrogen-bond acceptors (Lipinski definition) is 2. The van der Waals surface area contributed by atoms with Gasteiger partial charge in [0.2, 0.25) is 0 Å². The summed E-state index contributed by atoms with van der Waals surface area (Å²) in [5.41, 5.74) is 12.8. The first-order valence-electron chi connectivity index (χ1n) is 18.3. The van der Waals surface area contributed by atoms with Crippen LogP contribution in [0, 0.1) is 22.7 Å². The van der Waals surface area contributed by atoms with Crippen LogP contribution in [-0.2, 0) is 0 Å². The molecule has 0 bridgehead atoms. The molecule has 0 unspecified atom stereocenters. The van der Waals surface area contributed by atoms with Crippen LogP contribution in [0.3, 0.4) is 0 Å². The maximum absolute atomic E-state index is 10.5. The lowest BCUT2D eigenvalue weighted by Gasteiger charge is -2.16. The monoisotopic (exact) mass is 699 g/mol. The van der Waals surface area contributed by atoms with E-state index in [4.69, 9.17) is 0 Å². The zero-order chi connectivity index (χ0) is 36.6. The summed E-state index contributed by atoms with van der Waals surface area (Å²) in [6, 6.07) is 66.0. The summed E-state index contributed by atoms with van der Waals surface area (Å²) < 4.78 is 6.89. The molecule has 0 aliphatic rings. The van der Waals surface area contributed by atoms with Gasteiger partial charge in [-0.05, 0) is 78.4 Å². The molecule has 0 saturated heterocycles. The number of rotatable bonds is 4. The van der Waals surface area contributed by atoms with Crippen LogP contribution < -0.4 is 0 Å². The standard InChI is InChI=1S/C50H29N5/c51-30-32-20-27-48-43(28-32)41-14-4-6-17-45(41)54(48)36-25-26-42-40-13-1-5-16-44(40)53(49(42)29-36)35-23-21-33(22-24-35)37-15-9-10-34(31-52)50(37)55-46-18-7-2-11-38(46)39-12-3-8-19-47(39)55/h1-29H. The smallest absolute Gasteiger partial charge is 0.101 e. The first-order valence-corrected chi connectivity index (χ1v) is 18.3. The van der Waals surface area contributed by atoms with E-state index in [1.807, 2.05) is 24.3 Å². The van der Waals surface area contributed by atoms with Crippen molar-refractivity contribution in [1.82, 2.24) is 13.7 Å². The fourth-order valence-electron chi connectivity index (χ4n) is 8.76. The van der Waals surface area contributed by atoms with Crippen LogP contribution >= 0.6 is 0 Å². The van der Waals surface area contributed by atoms with Gasteiger partial charge in [-0.2, -0.15) is 10.5 Å². The van der Waals surface area contributed by atoms with E-state index in [1.165, 1.54) is 10.8 Å². The average Bonchev–Trinajstić information content (AvgIpc) is 3.88. The van der Waals surface area contributed by atoms with Crippen molar-refractivity contribution in [3.8, 4) is 40.3 Å². The molecule has 0 saturated carbocycles. The van der Waals surface area contributed by atoms with Crippen LogP contribution in [0.4, 0.5) is 0 Å². The maximum Gasteiger partial charge on any atom is 0.101 e. The molecule has 0 spiro atoms. The molecule has 0 atom stereocenters. The number of nitrogens with zero attached hydrogens (tertiary/aromatic N) is 5. The molecule has 0 N–H and O–H groups in total. The van der Waals surface area contributed by atoms with Gasteiger partial charge < -0.3 is 13.7 Å². The molecule has 55 heavy (non-hydrogen) atoms. The van der Waals surface area contributed by atoms with E-state index in [0.717, 1.165) is 82.8 Å². The van der Waals surface area contributed by atoms with Gasteiger partial charge in [0.05, 0.1) is 56.0 Å². The van der Waals surface area contributed by atoms with Crippen molar-refractivity contribution in [2.75, 3.05) is 0 Å². The molecule has 0 aliphatic carbocycles. The Morgan fingerprint density at radius 2 is 0.855 bits per heavy atom. The van der Waals surface area contributed by atoms with Crippen LogP contribution in [0.25, 0.3) is 93.6 Å². The van der Waals surface area contributed by atoms with Crippen LogP contribution in [-0.4, -0.2) is 13.7 Å². The normalized spacial score (nSPS) is 11.6. The Morgan fingerprint density at radius 3 is 1.45 bits per heavy atom. The highest BCUT2D eigenvalue weighted by Gasteiger charge is 2.20. The van der Waals surface area contributed by atoms with E-state index in [-0.39, 0.29) is 0 Å². The molecule has 0 aliphatic heterocycles. The molecule has 11 rings (SSSR count). The molecular formula is C50H29N5. The zero-order valence-corrected chi connectivity index (χ0v) is 29.5. The van der Waals surface area contributed by atoms with E-state index < -0.39 is 0 Å². The Labute approximate surface area is 316 Å². The highest BCUT2D eigenvalue weighted by molar-refractivity contribution is 6.13. The third-order valence-electron chi connectivity index (χ3n) is 11.1. The first-order chi connectivity index (χ1) is 27.2. The van der Waals surface area contributed by atoms with Gasteiger partial charge in [0.25, 0.3) is 0 Å². The minimum absolute atomic E-state index is 0.622. The minimum Gasteiger partial charge on any atom is -0.309 e. The first kappa shape index (κ1) is 30.7. The van der Waals surface area contributed by atoms with Crippen molar-refractivity contribution < 1.29 is 0 Å². The number of benzene rings is 8. The minimum atomic E-state index is 0.622. The lowest BCUT2D eigenvalue weighted by atomic mass is 9.99. The fraction of sp³-hybridized carbons (Fsp3) is 0. The molecule has 0 amide bonds. The van der Waals surface area contributed by atoms with Crippen molar-refractivity contribution in [1.29, 1.82) is 10.5 Å². The van der Waals surface area contributed by atoms with Gasteiger partial charge in [-0.25, -0.2) is 0 Å². The quantitative estimate of drug-likeness (QED) is 0.184. The van der Waals surface area contributed by atoms with Gasteiger partial charge in [0, 0.05) is 49.3 Å². The summed E-state index contributed by atoms with van der Waals surface area (Å²) in [7, 11) is 0. The molecule has 8 aromatic carbocycles. The summed E-state index contributed by atoms with van der Waals surface area (Å²) in [5.74, 6) is 0. The molecular weight excluding hydrogens is 671 g/mol. The fourth-order valence-corrected chi connectivity index (χ4v) is 8.76. The predicted octanol–water partition coefficient (Wildman–Crippen LogP) is 12.4. The van der Waals surface area contributed by atoms with E-state index in [2.05, 4.69) is 177 Å². The summed E-state index contributed by atoms with van der Waals surface area (Å²) >= 11 is 0. The molecule has 0 fully saturated rings. The molecule has 5 nitrogen and oxygen atoms in total. The molecule has 3 aromatic heterocycles. The van der Waals surface area contributed by atoms with Gasteiger partial charge in [0.15, 0.2) is 0 Å². The zero-order valence-electron chi connectivity index (χ0n) is 29.5. The summed E-state index contributed by atoms with van der Waals surface area (Å²) in [5, 5.41) is 27.0. The van der Waals surface area contributed by atoms with E-state index in [0.29, 0.717) is 11.1 Å². The lowest BCUT2D eigenvalue weighted by molar-refractivity contribution is 1.15. The summed E-state index contributed by atoms with van der Waals surface area (Å²) in [6.07, 6.45) is 0. The third kappa shape index (κ3) is 4.45. The molecule has 0 radical (unpaired) electrons. The molecule has 254 valence electrons. The van der Waals surface area contributed by atoms with Crippen molar-refractivity contribution in [2.24, 2.45) is 0 Å². The van der Waals surface area contributed by atoms with Crippen LogP contribution in [0.5, 0.6) is 0 Å². The van der Waals surface area contributed by atoms with Gasteiger partial charge in [0.1, 0.15) is 6.07 Å². The van der Waals surface area contributed by atoms with Crippen molar-refractivity contribution in [2.45, 2.75) is 0 Å². The van der Waals surface area contributed by atoms with E-state index in [9.17, 15) is 10.5 Å². The summed E-state index contributed by atoms with van der Waals surface area (Å²) in [4.78, 5) is 0. The largest absolute Gasteiger partial charge is 0.309 e. The number of aromatic nitrogens is 3. The number of para-hydroxylation sites is 5. The Hall–Kier alpha value is -7.86. The van der Waals surface area contributed by atoms with Crippen LogP contribution in [0.2, 0.25) is 0 Å². The van der Waals surface area contributed by atoms with Crippen molar-refractivity contribution in [3.05, 3.63) is 187 Å². The Bertz CT molecular complexity index is 3400. The van der Waals surface area contributed by atoms with Crippen molar-refractivity contribution >= 4 is 65.4 Å². The second-order valence-corrected chi connectivity index (χ2v) is 14.0. The second-order valence-electron chi connectivity index (χ2n) is 14.0. The maximum atomic E-state index is 10.5. The highest BCUT2D eigenvalue weighted by Crippen LogP contribution is 2.40. The number of fused-ring (bicyclic) bond motifs is 9. The van der Waals surface area contributed by atoms with Gasteiger partial charge in [-0.3, -0.25) is 0 Å². The lowest BCUT2D eigenvalue weighted by Crippen LogP contribution is -2.01. The third-order valence-corrected chi connectivity index (χ3v) is 11.1. The second kappa shape index (κ2) is 11.8. The highest BCUT2D eigenvalue weighted by atomic mass is 15.0. The molecule has 5 heteroatoms. The van der Waals surface area contributed by atoms with E-state index >= 15 is 0 Å². The SMILES string of the molecule is N#Cc1ccc2c(c1)c1ccccc1n2-c1ccc2c3ccccc3n(-c3ccc(-c4cccc(C#N)c4-n4c5ccccc5c5ccccc54)cc3)c2c1. The van der Waals surface area contributed by atoms with Gasteiger partial charge in [-0.15, -0.1) is 0 Å². The van der Waals surface area contributed by atoms with E-state index in [1.54, 1.807) is 0 Å². The van der Waals surface area contributed by atoms with Crippen molar-refractivity contribution in [3.63, 3.8) is 0 Å². The van der Waals surface area contributed by atoms with Crippen LogP contribution in [0.15, 0.2) is 176 Å². The average molecular weight is 700 g/mol. The van der Waals surface area contributed by atoms with Crippen LogP contribution in [0.1, 0.15) is 11.1 Å². The number of nitriles is 2. The van der Waals surface area contributed by atoms with Gasteiger partial charge >= 0.3 is 0 Å². The Balaban J connectivity index is 1.11. The summed E-state index contributed by atoms with van der Waals surface area (Å²) in [6.45, 7) is 0. The Kier molecular flexibility index (Phi) is 6.61. The Morgan fingerprint density at radius 1 is 0.345 bits per heavy atom. The predicted molar refractivity (Wildman–Crippen MR) is 224 cm³/mol. The topological polar surface area (TPSA) is 62.4 Å². The molecule has 3 heterocycles.